The van der Waals surface area contributed by atoms with Crippen LogP contribution < -0.4 is 10.6 Å². The molecule has 4 heteroatoms. The first-order valence-electron chi connectivity index (χ1n) is 7.43. The molecule has 1 fully saturated rings. The van der Waals surface area contributed by atoms with Crippen molar-refractivity contribution >= 4 is 5.91 Å². The molecule has 3 atom stereocenters. The van der Waals surface area contributed by atoms with Gasteiger partial charge >= 0.3 is 0 Å². The van der Waals surface area contributed by atoms with Crippen LogP contribution in [0.1, 0.15) is 37.9 Å². The van der Waals surface area contributed by atoms with E-state index >= 15 is 0 Å². The highest BCUT2D eigenvalue weighted by atomic mass is 16.3. The van der Waals surface area contributed by atoms with Crippen LogP contribution in [-0.2, 0) is 4.79 Å². The summed E-state index contributed by atoms with van der Waals surface area (Å²) in [6, 6.07) is 9.94. The van der Waals surface area contributed by atoms with Crippen LogP contribution >= 0.6 is 0 Å². The normalized spacial score (nSPS) is 23.5. The molecule has 1 heterocycles. The van der Waals surface area contributed by atoms with Gasteiger partial charge in [-0.15, -0.1) is 0 Å². The second-order valence-electron chi connectivity index (χ2n) is 5.45. The predicted octanol–water partition coefficient (Wildman–Crippen LogP) is 1.61. The summed E-state index contributed by atoms with van der Waals surface area (Å²) < 4.78 is 0. The lowest BCUT2D eigenvalue weighted by molar-refractivity contribution is -0.121. The molecule has 1 saturated heterocycles. The van der Waals surface area contributed by atoms with Crippen LogP contribution in [-0.4, -0.2) is 30.1 Å². The molecule has 3 N–H and O–H groups in total. The Hall–Kier alpha value is -1.39. The third-order valence-corrected chi connectivity index (χ3v) is 4.00. The Morgan fingerprint density at radius 3 is 2.85 bits per heavy atom. The van der Waals surface area contributed by atoms with Crippen molar-refractivity contribution in [1.82, 2.24) is 10.6 Å². The van der Waals surface area contributed by atoms with Gasteiger partial charge in [-0.3, -0.25) is 4.79 Å². The fourth-order valence-corrected chi connectivity index (χ4v) is 2.73. The highest BCUT2D eigenvalue weighted by Crippen LogP contribution is 2.23. The summed E-state index contributed by atoms with van der Waals surface area (Å²) in [6.45, 7) is 3.61. The average molecular weight is 276 g/mol. The Bertz CT molecular complexity index is 422. The lowest BCUT2D eigenvalue weighted by Gasteiger charge is -2.21. The first-order chi connectivity index (χ1) is 9.70. The molecule has 0 spiro atoms. The molecule has 0 aromatic heterocycles. The van der Waals surface area contributed by atoms with Crippen LogP contribution in [0.15, 0.2) is 30.3 Å². The molecule has 110 valence electrons. The summed E-state index contributed by atoms with van der Waals surface area (Å²) in [7, 11) is 0. The average Bonchev–Trinajstić information content (AvgIpc) is 2.92. The van der Waals surface area contributed by atoms with Crippen LogP contribution in [0.3, 0.4) is 0 Å². The third-order valence-electron chi connectivity index (χ3n) is 4.00. The molecule has 1 amide bonds. The number of amides is 1. The summed E-state index contributed by atoms with van der Waals surface area (Å²) in [5.41, 5.74) is 0.965. The van der Waals surface area contributed by atoms with Crippen LogP contribution in [0.2, 0.25) is 0 Å². The fraction of sp³-hybridized carbons (Fsp3) is 0.562. The van der Waals surface area contributed by atoms with E-state index in [0.29, 0.717) is 12.3 Å². The Morgan fingerprint density at radius 2 is 2.15 bits per heavy atom. The zero-order valence-corrected chi connectivity index (χ0v) is 12.0. The molecule has 0 saturated carbocycles. The second-order valence-corrected chi connectivity index (χ2v) is 5.45. The van der Waals surface area contributed by atoms with Gasteiger partial charge < -0.3 is 15.7 Å². The molecule has 20 heavy (non-hydrogen) atoms. The fourth-order valence-electron chi connectivity index (χ4n) is 2.73. The molecule has 1 aromatic rings. The van der Waals surface area contributed by atoms with Crippen molar-refractivity contribution in [2.75, 3.05) is 13.1 Å². The van der Waals surface area contributed by atoms with Gasteiger partial charge in [0.15, 0.2) is 0 Å². The summed E-state index contributed by atoms with van der Waals surface area (Å²) in [4.78, 5) is 11.5. The van der Waals surface area contributed by atoms with Crippen LogP contribution in [0, 0.1) is 5.92 Å². The summed E-state index contributed by atoms with van der Waals surface area (Å²) in [5.74, 6) is 0.510. The van der Waals surface area contributed by atoms with E-state index in [-0.39, 0.29) is 11.9 Å². The molecule has 1 aromatic carbocycles. The number of rotatable bonds is 6. The molecule has 1 aliphatic heterocycles. The van der Waals surface area contributed by atoms with E-state index in [1.807, 2.05) is 37.3 Å². The molecule has 0 aliphatic carbocycles. The number of aliphatic hydroxyl groups is 1. The number of nitrogens with one attached hydrogen (secondary N) is 2. The molecule has 0 radical (unpaired) electrons. The minimum atomic E-state index is -0.417. The molecular formula is C16H24N2O2. The highest BCUT2D eigenvalue weighted by molar-refractivity contribution is 5.75. The minimum absolute atomic E-state index is 0.104. The van der Waals surface area contributed by atoms with Gasteiger partial charge in [0.05, 0.1) is 6.10 Å². The standard InChI is InChI=1S/C16H24N2O2/c1-2-16(20)18-14-11-17-10-13(14)8-9-15(19)12-6-4-3-5-7-12/h3-7,13-15,17,19H,2,8-11H2,1H3,(H,18,20)/t13-,14-,15?/m1/s1. The molecular weight excluding hydrogens is 252 g/mol. The lowest BCUT2D eigenvalue weighted by atomic mass is 9.94. The SMILES string of the molecule is CCC(=O)N[C@@H]1CNC[C@H]1CCC(O)c1ccccc1. The van der Waals surface area contributed by atoms with Crippen LogP contribution in [0.5, 0.6) is 0 Å². The maximum absolute atomic E-state index is 11.5. The first kappa shape index (κ1) is 15.0. The van der Waals surface area contributed by atoms with Gasteiger partial charge in [0, 0.05) is 25.6 Å². The molecule has 2 rings (SSSR count). The lowest BCUT2D eigenvalue weighted by Crippen LogP contribution is -2.40. The van der Waals surface area contributed by atoms with Gasteiger partial charge in [-0.05, 0) is 24.3 Å². The van der Waals surface area contributed by atoms with Crippen LogP contribution in [0.25, 0.3) is 0 Å². The zero-order valence-electron chi connectivity index (χ0n) is 12.0. The highest BCUT2D eigenvalue weighted by Gasteiger charge is 2.28. The maximum atomic E-state index is 11.5. The van der Waals surface area contributed by atoms with E-state index in [2.05, 4.69) is 10.6 Å². The maximum Gasteiger partial charge on any atom is 0.219 e. The van der Waals surface area contributed by atoms with Crippen molar-refractivity contribution in [2.24, 2.45) is 5.92 Å². The van der Waals surface area contributed by atoms with Crippen molar-refractivity contribution in [2.45, 2.75) is 38.3 Å². The van der Waals surface area contributed by atoms with Crippen molar-refractivity contribution in [1.29, 1.82) is 0 Å². The number of aliphatic hydroxyl groups excluding tert-OH is 1. The number of hydrogen-bond donors (Lipinski definition) is 3. The van der Waals surface area contributed by atoms with Gasteiger partial charge in [-0.25, -0.2) is 0 Å². The Balaban J connectivity index is 1.82. The third kappa shape index (κ3) is 4.05. The largest absolute Gasteiger partial charge is 0.388 e. The molecule has 0 bridgehead atoms. The van der Waals surface area contributed by atoms with Gasteiger partial charge in [-0.1, -0.05) is 37.3 Å². The molecule has 1 aliphatic rings. The van der Waals surface area contributed by atoms with E-state index in [1.54, 1.807) is 0 Å². The predicted molar refractivity (Wildman–Crippen MR) is 79.2 cm³/mol. The smallest absolute Gasteiger partial charge is 0.219 e. The Labute approximate surface area is 120 Å². The van der Waals surface area contributed by atoms with E-state index in [4.69, 9.17) is 0 Å². The topological polar surface area (TPSA) is 61.4 Å². The second kappa shape index (κ2) is 7.41. The van der Waals surface area contributed by atoms with E-state index in [1.165, 1.54) is 0 Å². The molecule has 1 unspecified atom stereocenters. The van der Waals surface area contributed by atoms with Gasteiger partial charge in [-0.2, -0.15) is 0 Å². The van der Waals surface area contributed by atoms with E-state index < -0.39 is 6.10 Å². The quantitative estimate of drug-likeness (QED) is 0.740. The number of carbonyl (C=O) groups excluding carboxylic acids is 1. The van der Waals surface area contributed by atoms with E-state index in [9.17, 15) is 9.90 Å². The number of hydrogen-bond acceptors (Lipinski definition) is 3. The van der Waals surface area contributed by atoms with Crippen molar-refractivity contribution in [3.05, 3.63) is 35.9 Å². The van der Waals surface area contributed by atoms with Gasteiger partial charge in [0.1, 0.15) is 0 Å². The first-order valence-corrected chi connectivity index (χ1v) is 7.43. The van der Waals surface area contributed by atoms with Crippen molar-refractivity contribution in [3.8, 4) is 0 Å². The van der Waals surface area contributed by atoms with Gasteiger partial charge in [0.25, 0.3) is 0 Å². The summed E-state index contributed by atoms with van der Waals surface area (Å²) in [6.07, 6.45) is 1.75. The van der Waals surface area contributed by atoms with Gasteiger partial charge in [0.2, 0.25) is 5.91 Å². The van der Waals surface area contributed by atoms with E-state index in [0.717, 1.165) is 31.5 Å². The Morgan fingerprint density at radius 1 is 1.40 bits per heavy atom. The molecule has 4 nitrogen and oxygen atoms in total. The number of carbonyl (C=O) groups is 1. The summed E-state index contributed by atoms with van der Waals surface area (Å²) >= 11 is 0. The Kier molecular flexibility index (Phi) is 5.56. The summed E-state index contributed by atoms with van der Waals surface area (Å²) in [5, 5.41) is 16.6. The van der Waals surface area contributed by atoms with Crippen LogP contribution in [0.4, 0.5) is 0 Å². The zero-order chi connectivity index (χ0) is 14.4. The van der Waals surface area contributed by atoms with Crippen molar-refractivity contribution < 1.29 is 9.90 Å². The monoisotopic (exact) mass is 276 g/mol. The van der Waals surface area contributed by atoms with Crippen molar-refractivity contribution in [3.63, 3.8) is 0 Å². The number of benzene rings is 1. The minimum Gasteiger partial charge on any atom is -0.388 e.